The van der Waals surface area contributed by atoms with Crippen LogP contribution in [0.5, 0.6) is 11.5 Å². The molecule has 0 aliphatic carbocycles. The summed E-state index contributed by atoms with van der Waals surface area (Å²) in [7, 11) is 0. The van der Waals surface area contributed by atoms with Gasteiger partial charge in [0.1, 0.15) is 33.7 Å². The predicted octanol–water partition coefficient (Wildman–Crippen LogP) is 7.31. The van der Waals surface area contributed by atoms with E-state index in [9.17, 15) is 9.18 Å². The molecular formula is C30H28Cl2FN3O3. The molecule has 1 unspecified atom stereocenters. The Hall–Kier alpha value is -3.42. The van der Waals surface area contributed by atoms with Crippen molar-refractivity contribution in [2.75, 3.05) is 19.8 Å². The lowest BCUT2D eigenvalue weighted by molar-refractivity contribution is 0.0953. The van der Waals surface area contributed by atoms with Crippen molar-refractivity contribution in [3.8, 4) is 22.8 Å². The number of rotatable bonds is 8. The van der Waals surface area contributed by atoms with Gasteiger partial charge in [-0.15, -0.1) is 0 Å². The number of nitrogens with zero attached hydrogens (tertiary/aromatic N) is 2. The smallest absolute Gasteiger partial charge is 0.251 e. The Balaban J connectivity index is 1.37. The number of amides is 1. The molecule has 0 spiro atoms. The highest BCUT2D eigenvalue weighted by Gasteiger charge is 2.26. The third-order valence-corrected chi connectivity index (χ3v) is 7.33. The first-order chi connectivity index (χ1) is 18.7. The third-order valence-electron chi connectivity index (χ3n) is 6.66. The molecule has 202 valence electrons. The summed E-state index contributed by atoms with van der Waals surface area (Å²) in [6.45, 7) is 7.38. The quantitative estimate of drug-likeness (QED) is 0.226. The Morgan fingerprint density at radius 1 is 1.18 bits per heavy atom. The summed E-state index contributed by atoms with van der Waals surface area (Å²) in [5.41, 5.74) is 5.05. The summed E-state index contributed by atoms with van der Waals surface area (Å²) < 4.78 is 25.6. The average molecular weight is 568 g/mol. The molecule has 3 heterocycles. The molecule has 0 bridgehead atoms. The molecule has 5 rings (SSSR count). The first kappa shape index (κ1) is 27.2. The fourth-order valence-electron chi connectivity index (χ4n) is 4.59. The van der Waals surface area contributed by atoms with Crippen LogP contribution in [0.4, 0.5) is 4.39 Å². The number of hydrogen-bond acceptors (Lipinski definition) is 5. The highest BCUT2D eigenvalue weighted by Crippen LogP contribution is 2.41. The number of hydrogen-bond donors (Lipinski definition) is 1. The largest absolute Gasteiger partial charge is 0.491 e. The highest BCUT2D eigenvalue weighted by atomic mass is 35.5. The van der Waals surface area contributed by atoms with Crippen LogP contribution in [0.3, 0.4) is 0 Å². The van der Waals surface area contributed by atoms with Crippen molar-refractivity contribution >= 4 is 40.0 Å². The Morgan fingerprint density at radius 3 is 2.77 bits per heavy atom. The molecule has 6 nitrogen and oxygen atoms in total. The normalized spacial score (nSPS) is 14.3. The van der Waals surface area contributed by atoms with Crippen molar-refractivity contribution in [3.05, 3.63) is 80.8 Å². The molecule has 1 amide bonds. The van der Waals surface area contributed by atoms with E-state index in [1.807, 2.05) is 26.0 Å². The third kappa shape index (κ3) is 5.65. The van der Waals surface area contributed by atoms with Gasteiger partial charge in [0, 0.05) is 46.7 Å². The summed E-state index contributed by atoms with van der Waals surface area (Å²) in [4.78, 5) is 22.4. The summed E-state index contributed by atoms with van der Waals surface area (Å²) >= 11 is 12.3. The Labute approximate surface area is 236 Å². The minimum atomic E-state index is -0.490. The Morgan fingerprint density at radius 2 is 2.00 bits per heavy atom. The molecule has 4 aromatic rings. The van der Waals surface area contributed by atoms with Gasteiger partial charge in [-0.2, -0.15) is 0 Å². The molecule has 39 heavy (non-hydrogen) atoms. The van der Waals surface area contributed by atoms with Crippen molar-refractivity contribution < 1.29 is 18.7 Å². The first-order valence-corrected chi connectivity index (χ1v) is 13.6. The maximum atomic E-state index is 13.8. The minimum Gasteiger partial charge on any atom is -0.491 e. The SMILES string of the molecule is CCCOc1cc(C(=O)NCCc2cc3c(c(-c4ccc(F)c(Cl)c4)n2)OCC3C)cc2cc(C)c(Cl)nc12. The van der Waals surface area contributed by atoms with Crippen LogP contribution in [-0.4, -0.2) is 35.6 Å². The number of aromatic nitrogens is 2. The molecule has 9 heteroatoms. The lowest BCUT2D eigenvalue weighted by atomic mass is 9.99. The number of benzene rings is 2. The number of nitrogens with one attached hydrogen (secondary N) is 1. The van der Waals surface area contributed by atoms with E-state index in [0.29, 0.717) is 65.2 Å². The number of halogens is 3. The maximum Gasteiger partial charge on any atom is 0.251 e. The fourth-order valence-corrected chi connectivity index (χ4v) is 4.91. The number of carbonyl (C=O) groups excluding carboxylic acids is 1. The average Bonchev–Trinajstić information content (AvgIpc) is 3.29. The van der Waals surface area contributed by atoms with Gasteiger partial charge in [-0.1, -0.05) is 37.0 Å². The molecule has 0 radical (unpaired) electrons. The standard InChI is InChI=1S/C30H28Cl2FN3O3/c1-4-9-38-25-13-20(11-19-10-16(2)29(32)36-26(19)25)30(37)34-8-7-21-14-22-17(3)15-39-28(22)27(35-21)18-5-6-24(33)23(31)12-18/h5-6,10-14,17H,4,7-9,15H2,1-3H3,(H,34,37). The number of carbonyl (C=O) groups is 1. The van der Waals surface area contributed by atoms with E-state index in [4.69, 9.17) is 37.7 Å². The van der Waals surface area contributed by atoms with Gasteiger partial charge in [0.25, 0.3) is 5.91 Å². The van der Waals surface area contributed by atoms with Crippen LogP contribution in [0.1, 0.15) is 53.4 Å². The molecular weight excluding hydrogens is 540 g/mol. The van der Waals surface area contributed by atoms with Crippen molar-refractivity contribution in [3.63, 3.8) is 0 Å². The van der Waals surface area contributed by atoms with Gasteiger partial charge in [-0.25, -0.2) is 14.4 Å². The zero-order valence-corrected chi connectivity index (χ0v) is 23.4. The second kappa shape index (κ2) is 11.4. The summed E-state index contributed by atoms with van der Waals surface area (Å²) in [6.07, 6.45) is 1.32. The van der Waals surface area contributed by atoms with E-state index in [2.05, 4.69) is 17.2 Å². The molecule has 0 saturated carbocycles. The second-order valence-electron chi connectivity index (χ2n) is 9.72. The van der Waals surface area contributed by atoms with E-state index in [-0.39, 0.29) is 16.8 Å². The predicted molar refractivity (Wildman–Crippen MR) is 152 cm³/mol. The van der Waals surface area contributed by atoms with Gasteiger partial charge >= 0.3 is 0 Å². The number of pyridine rings is 2. The molecule has 0 saturated heterocycles. The monoisotopic (exact) mass is 567 g/mol. The zero-order chi connectivity index (χ0) is 27.7. The van der Waals surface area contributed by atoms with Gasteiger partial charge in [0.15, 0.2) is 0 Å². The maximum absolute atomic E-state index is 13.8. The number of aryl methyl sites for hydroxylation is 1. The molecule has 1 aliphatic rings. The van der Waals surface area contributed by atoms with Crippen LogP contribution in [-0.2, 0) is 6.42 Å². The molecule has 2 aromatic heterocycles. The van der Waals surface area contributed by atoms with Crippen molar-refractivity contribution in [2.24, 2.45) is 0 Å². The van der Waals surface area contributed by atoms with Gasteiger partial charge in [0.2, 0.25) is 0 Å². The van der Waals surface area contributed by atoms with E-state index in [1.165, 1.54) is 6.07 Å². The van der Waals surface area contributed by atoms with E-state index >= 15 is 0 Å². The van der Waals surface area contributed by atoms with Crippen molar-refractivity contribution in [1.29, 1.82) is 0 Å². The van der Waals surface area contributed by atoms with Crippen LogP contribution in [0.15, 0.2) is 42.5 Å². The van der Waals surface area contributed by atoms with E-state index in [0.717, 1.165) is 28.6 Å². The first-order valence-electron chi connectivity index (χ1n) is 12.9. The molecule has 0 fully saturated rings. The highest BCUT2D eigenvalue weighted by molar-refractivity contribution is 6.31. The molecule has 1 aliphatic heterocycles. The van der Waals surface area contributed by atoms with Crippen LogP contribution in [0.25, 0.3) is 22.2 Å². The Kier molecular flexibility index (Phi) is 7.91. The Bertz CT molecular complexity index is 1580. The molecule has 1 atom stereocenters. The van der Waals surface area contributed by atoms with Crippen LogP contribution >= 0.6 is 23.2 Å². The van der Waals surface area contributed by atoms with Crippen LogP contribution in [0.2, 0.25) is 10.2 Å². The van der Waals surface area contributed by atoms with Crippen molar-refractivity contribution in [2.45, 2.75) is 39.5 Å². The molecule has 1 N–H and O–H groups in total. The topological polar surface area (TPSA) is 73.3 Å². The summed E-state index contributed by atoms with van der Waals surface area (Å²) in [5.74, 6) is 0.692. The van der Waals surface area contributed by atoms with Gasteiger partial charge < -0.3 is 14.8 Å². The zero-order valence-electron chi connectivity index (χ0n) is 21.9. The van der Waals surface area contributed by atoms with Crippen LogP contribution < -0.4 is 14.8 Å². The minimum absolute atomic E-state index is 0.0251. The lowest BCUT2D eigenvalue weighted by Gasteiger charge is -2.13. The molecule has 2 aromatic carbocycles. The van der Waals surface area contributed by atoms with Crippen LogP contribution in [0, 0.1) is 12.7 Å². The number of ether oxygens (including phenoxy) is 2. The lowest BCUT2D eigenvalue weighted by Crippen LogP contribution is -2.26. The van der Waals surface area contributed by atoms with E-state index < -0.39 is 5.82 Å². The van der Waals surface area contributed by atoms with Crippen molar-refractivity contribution in [1.82, 2.24) is 15.3 Å². The van der Waals surface area contributed by atoms with Gasteiger partial charge in [0.05, 0.1) is 18.2 Å². The van der Waals surface area contributed by atoms with Gasteiger partial charge in [-0.3, -0.25) is 4.79 Å². The summed E-state index contributed by atoms with van der Waals surface area (Å²) in [6, 6.07) is 11.9. The summed E-state index contributed by atoms with van der Waals surface area (Å²) in [5, 5.41) is 4.21. The van der Waals surface area contributed by atoms with E-state index in [1.54, 1.807) is 24.3 Å². The second-order valence-corrected chi connectivity index (χ2v) is 10.5. The fraction of sp³-hybridized carbons (Fsp3) is 0.300. The number of fused-ring (bicyclic) bond motifs is 2. The van der Waals surface area contributed by atoms with Gasteiger partial charge in [-0.05, 0) is 61.4 Å².